The van der Waals surface area contributed by atoms with E-state index < -0.39 is 12.1 Å². The highest BCUT2D eigenvalue weighted by atomic mass is 16.2. The molecule has 3 aromatic carbocycles. The van der Waals surface area contributed by atoms with Gasteiger partial charge in [-0.15, -0.1) is 0 Å². The van der Waals surface area contributed by atoms with Gasteiger partial charge in [-0.3, -0.25) is 19.2 Å². The maximum atomic E-state index is 13.0. The van der Waals surface area contributed by atoms with Crippen LogP contribution in [0.5, 0.6) is 0 Å². The lowest BCUT2D eigenvalue weighted by Gasteiger charge is -2.24. The van der Waals surface area contributed by atoms with E-state index >= 15 is 0 Å². The van der Waals surface area contributed by atoms with Crippen LogP contribution in [-0.4, -0.2) is 58.6 Å². The number of anilines is 2. The van der Waals surface area contributed by atoms with Gasteiger partial charge in [-0.25, -0.2) is 0 Å². The molecule has 0 unspecified atom stereocenters. The third kappa shape index (κ3) is 7.05. The highest BCUT2D eigenvalue weighted by Crippen LogP contribution is 2.22. The van der Waals surface area contributed by atoms with Crippen LogP contribution in [0, 0.1) is 11.8 Å². The zero-order chi connectivity index (χ0) is 29.5. The Kier molecular flexibility index (Phi) is 8.98. The molecule has 8 nitrogen and oxygen atoms in total. The second kappa shape index (κ2) is 13.2. The zero-order valence-corrected chi connectivity index (χ0v) is 23.6. The van der Waals surface area contributed by atoms with Crippen LogP contribution in [0.25, 0.3) is 0 Å². The van der Waals surface area contributed by atoms with Crippen molar-refractivity contribution in [3.05, 3.63) is 95.6 Å². The molecular formula is C34H34N4O4. The first-order valence-electron chi connectivity index (χ1n) is 14.3. The number of nitrogens with one attached hydrogen (secondary N) is 2. The molecule has 42 heavy (non-hydrogen) atoms. The highest BCUT2D eigenvalue weighted by molar-refractivity contribution is 5.98. The molecule has 0 aliphatic carbocycles. The second-order valence-electron chi connectivity index (χ2n) is 10.7. The molecular weight excluding hydrogens is 528 g/mol. The number of likely N-dealkylation sites (tertiary alicyclic amines) is 2. The quantitative estimate of drug-likeness (QED) is 0.440. The summed E-state index contributed by atoms with van der Waals surface area (Å²) in [5, 5.41) is 5.84. The monoisotopic (exact) mass is 562 g/mol. The van der Waals surface area contributed by atoms with Crippen molar-refractivity contribution < 1.29 is 19.2 Å². The Morgan fingerprint density at radius 1 is 0.690 bits per heavy atom. The first kappa shape index (κ1) is 28.6. The fraction of sp³-hybridized carbons (Fsp3) is 0.294. The second-order valence-corrected chi connectivity index (χ2v) is 10.7. The van der Waals surface area contributed by atoms with E-state index in [0.717, 1.165) is 29.5 Å². The Hall–Kier alpha value is -4.90. The number of rotatable bonds is 6. The van der Waals surface area contributed by atoms with Gasteiger partial charge < -0.3 is 20.4 Å². The average Bonchev–Trinajstić information content (AvgIpc) is 3.69. The van der Waals surface area contributed by atoms with Crippen molar-refractivity contribution in [1.82, 2.24) is 9.80 Å². The predicted molar refractivity (Wildman–Crippen MR) is 161 cm³/mol. The van der Waals surface area contributed by atoms with Crippen LogP contribution >= 0.6 is 0 Å². The minimum Gasteiger partial charge on any atom is -0.331 e. The van der Waals surface area contributed by atoms with Crippen molar-refractivity contribution in [3.63, 3.8) is 0 Å². The Balaban J connectivity index is 1.14. The molecule has 8 heteroatoms. The van der Waals surface area contributed by atoms with Crippen LogP contribution in [0.3, 0.4) is 0 Å². The Labute approximate surface area is 246 Å². The third-order valence-electron chi connectivity index (χ3n) is 7.69. The number of hydrogen-bond donors (Lipinski definition) is 2. The van der Waals surface area contributed by atoms with Crippen LogP contribution in [0.4, 0.5) is 11.4 Å². The summed E-state index contributed by atoms with van der Waals surface area (Å²) in [4.78, 5) is 53.6. The van der Waals surface area contributed by atoms with E-state index in [1.54, 1.807) is 34.1 Å². The fourth-order valence-corrected chi connectivity index (χ4v) is 5.50. The summed E-state index contributed by atoms with van der Waals surface area (Å²) in [6, 6.07) is 23.2. The normalized spacial score (nSPS) is 17.7. The van der Waals surface area contributed by atoms with E-state index in [0.29, 0.717) is 37.3 Å². The van der Waals surface area contributed by atoms with Gasteiger partial charge in [-0.1, -0.05) is 42.2 Å². The van der Waals surface area contributed by atoms with Crippen molar-refractivity contribution >= 4 is 35.0 Å². The van der Waals surface area contributed by atoms with E-state index in [2.05, 4.69) is 22.5 Å². The molecule has 0 aromatic heterocycles. The summed E-state index contributed by atoms with van der Waals surface area (Å²) in [6.07, 6.45) is 3.24. The Morgan fingerprint density at radius 3 is 1.67 bits per heavy atom. The molecule has 0 saturated carbocycles. The van der Waals surface area contributed by atoms with Crippen molar-refractivity contribution in [2.75, 3.05) is 23.7 Å². The predicted octanol–water partition coefficient (Wildman–Crippen LogP) is 4.21. The summed E-state index contributed by atoms with van der Waals surface area (Å²) in [5.41, 5.74) is 3.83. The molecule has 2 aliphatic rings. The molecule has 2 atom stereocenters. The summed E-state index contributed by atoms with van der Waals surface area (Å²) < 4.78 is 0. The van der Waals surface area contributed by atoms with Crippen LogP contribution in [-0.2, 0) is 25.6 Å². The van der Waals surface area contributed by atoms with E-state index in [1.165, 1.54) is 6.92 Å². The van der Waals surface area contributed by atoms with Crippen LogP contribution in [0.2, 0.25) is 0 Å². The molecule has 3 aromatic rings. The van der Waals surface area contributed by atoms with Gasteiger partial charge >= 0.3 is 0 Å². The van der Waals surface area contributed by atoms with Gasteiger partial charge in [0.25, 0.3) is 0 Å². The molecule has 2 N–H and O–H groups in total. The van der Waals surface area contributed by atoms with Crippen molar-refractivity contribution in [2.24, 2.45) is 0 Å². The summed E-state index contributed by atoms with van der Waals surface area (Å²) in [5.74, 6) is 5.76. The van der Waals surface area contributed by atoms with Gasteiger partial charge in [0.2, 0.25) is 23.6 Å². The minimum atomic E-state index is -0.473. The first-order valence-corrected chi connectivity index (χ1v) is 14.3. The fourth-order valence-electron chi connectivity index (χ4n) is 5.50. The smallest absolute Gasteiger partial charge is 0.247 e. The Bertz CT molecular complexity index is 1510. The van der Waals surface area contributed by atoms with E-state index in [4.69, 9.17) is 0 Å². The molecule has 2 fully saturated rings. The van der Waals surface area contributed by atoms with Crippen LogP contribution < -0.4 is 10.6 Å². The SMILES string of the molecule is CC(=O)N1CCC[C@H]1C(=O)Nc1ccc(C#Cc2ccc(NC(=O)[C@@H]3CCCN3C(=O)Cc3ccccc3)cc2)cc1. The summed E-state index contributed by atoms with van der Waals surface area (Å²) >= 11 is 0. The van der Waals surface area contributed by atoms with Crippen LogP contribution in [0.15, 0.2) is 78.9 Å². The highest BCUT2D eigenvalue weighted by Gasteiger charge is 2.34. The average molecular weight is 563 g/mol. The van der Waals surface area contributed by atoms with Gasteiger partial charge in [-0.05, 0) is 79.8 Å². The maximum Gasteiger partial charge on any atom is 0.247 e. The Morgan fingerprint density at radius 2 is 1.17 bits per heavy atom. The maximum absolute atomic E-state index is 13.0. The third-order valence-corrected chi connectivity index (χ3v) is 7.69. The zero-order valence-electron chi connectivity index (χ0n) is 23.6. The van der Waals surface area contributed by atoms with Crippen LogP contribution in [0.1, 0.15) is 49.3 Å². The van der Waals surface area contributed by atoms with E-state index in [1.807, 2.05) is 54.6 Å². The summed E-state index contributed by atoms with van der Waals surface area (Å²) in [6.45, 7) is 2.69. The molecule has 2 aliphatic heterocycles. The van der Waals surface area contributed by atoms with E-state index in [-0.39, 0.29) is 30.0 Å². The number of carbonyl (C=O) groups is 4. The molecule has 2 heterocycles. The molecule has 4 amide bonds. The largest absolute Gasteiger partial charge is 0.331 e. The standard InChI is InChI=1S/C34H34N4O4/c1-24(39)37-21-5-9-30(37)33(41)35-28-17-13-25(14-18-28)11-12-26-15-19-29(20-16-26)36-34(42)31-10-6-22-38(31)32(40)23-27-7-3-2-4-8-27/h2-4,7-8,13-20,30-31H,5-6,9-10,21-23H2,1H3,(H,35,41)(H,36,42)/t30-,31-/m0/s1. The van der Waals surface area contributed by atoms with Gasteiger partial charge in [0.1, 0.15) is 12.1 Å². The van der Waals surface area contributed by atoms with Gasteiger partial charge in [0, 0.05) is 42.5 Å². The minimum absolute atomic E-state index is 0.0340. The van der Waals surface area contributed by atoms with Crippen molar-refractivity contribution in [3.8, 4) is 11.8 Å². The lowest BCUT2D eigenvalue weighted by Crippen LogP contribution is -2.43. The van der Waals surface area contributed by atoms with Gasteiger partial charge in [0.15, 0.2) is 0 Å². The van der Waals surface area contributed by atoms with E-state index in [9.17, 15) is 19.2 Å². The molecule has 0 spiro atoms. The number of hydrogen-bond acceptors (Lipinski definition) is 4. The molecule has 0 radical (unpaired) electrons. The molecule has 214 valence electrons. The molecule has 0 bridgehead atoms. The molecule has 2 saturated heterocycles. The number of amides is 4. The molecule has 5 rings (SSSR count). The number of nitrogens with zero attached hydrogens (tertiary/aromatic N) is 2. The first-order chi connectivity index (χ1) is 20.4. The number of benzene rings is 3. The summed E-state index contributed by atoms with van der Waals surface area (Å²) in [7, 11) is 0. The van der Waals surface area contributed by atoms with Gasteiger partial charge in [-0.2, -0.15) is 0 Å². The van der Waals surface area contributed by atoms with Crippen molar-refractivity contribution in [2.45, 2.75) is 51.1 Å². The lowest BCUT2D eigenvalue weighted by molar-refractivity contribution is -0.136. The number of carbonyl (C=O) groups excluding carboxylic acids is 4. The van der Waals surface area contributed by atoms with Crippen molar-refractivity contribution in [1.29, 1.82) is 0 Å². The topological polar surface area (TPSA) is 98.8 Å². The lowest BCUT2D eigenvalue weighted by atomic mass is 10.1. The van der Waals surface area contributed by atoms with Gasteiger partial charge in [0.05, 0.1) is 6.42 Å².